The fourth-order valence-corrected chi connectivity index (χ4v) is 4.63. The van der Waals surface area contributed by atoms with Gasteiger partial charge in [0.15, 0.2) is 0 Å². The molecule has 3 fully saturated rings. The van der Waals surface area contributed by atoms with E-state index in [1.54, 1.807) is 7.05 Å². The van der Waals surface area contributed by atoms with Crippen LogP contribution in [0.25, 0.3) is 0 Å². The van der Waals surface area contributed by atoms with Crippen molar-refractivity contribution in [2.75, 3.05) is 14.1 Å². The van der Waals surface area contributed by atoms with Crippen molar-refractivity contribution in [2.24, 2.45) is 11.8 Å². The van der Waals surface area contributed by atoms with Gasteiger partial charge in [-0.3, -0.25) is 4.90 Å². The van der Waals surface area contributed by atoms with Gasteiger partial charge in [-0.2, -0.15) is 0 Å². The molecule has 22 heavy (non-hydrogen) atoms. The molecule has 0 bridgehead atoms. The van der Waals surface area contributed by atoms with Crippen LogP contribution in [0.5, 0.6) is 0 Å². The van der Waals surface area contributed by atoms with Gasteiger partial charge in [0.1, 0.15) is 5.76 Å². The molecule has 0 aromatic heterocycles. The van der Waals surface area contributed by atoms with Crippen LogP contribution >= 0.6 is 0 Å². The Hall–Kier alpha value is -1.33. The fraction of sp³-hybridized carbons (Fsp3) is 0.706. The summed E-state index contributed by atoms with van der Waals surface area (Å²) in [5, 5.41) is 6.34. The van der Waals surface area contributed by atoms with Gasteiger partial charge in [-0.05, 0) is 50.8 Å². The molecule has 0 aromatic rings. The molecular weight excluding hydrogens is 278 g/mol. The summed E-state index contributed by atoms with van der Waals surface area (Å²) in [6, 6.07) is 2.43. The van der Waals surface area contributed by atoms with E-state index in [2.05, 4.69) is 34.7 Å². The molecule has 0 radical (unpaired) electrons. The van der Waals surface area contributed by atoms with Crippen LogP contribution in [-0.2, 0) is 4.74 Å². The number of carbonyl (C=O) groups is 1. The van der Waals surface area contributed by atoms with Crippen LogP contribution in [0.2, 0.25) is 0 Å². The maximum atomic E-state index is 11.4. The number of hydrogen-bond donors (Lipinski definition) is 2. The largest absolute Gasteiger partial charge is 0.412 e. The van der Waals surface area contributed by atoms with Gasteiger partial charge in [-0.1, -0.05) is 6.08 Å². The molecular formula is C17H25N3O2. The van der Waals surface area contributed by atoms with Crippen molar-refractivity contribution >= 4 is 6.09 Å². The smallest absolute Gasteiger partial charge is 0.411 e. The predicted octanol–water partition coefficient (Wildman–Crippen LogP) is 1.63. The number of hydrogen-bond acceptors (Lipinski definition) is 4. The summed E-state index contributed by atoms with van der Waals surface area (Å²) in [5.74, 6) is 1.82. The first-order valence-electron chi connectivity index (χ1n) is 8.45. The van der Waals surface area contributed by atoms with E-state index in [9.17, 15) is 4.79 Å². The van der Waals surface area contributed by atoms with Gasteiger partial charge in [0.05, 0.1) is 0 Å². The molecule has 5 unspecified atom stereocenters. The summed E-state index contributed by atoms with van der Waals surface area (Å²) in [6.07, 6.45) is 11.1. The Bertz CT molecular complexity index is 526. The molecule has 4 rings (SSSR count). The monoisotopic (exact) mass is 303 g/mol. The molecule has 0 aromatic carbocycles. The van der Waals surface area contributed by atoms with Crippen LogP contribution < -0.4 is 10.6 Å². The van der Waals surface area contributed by atoms with Crippen molar-refractivity contribution in [1.82, 2.24) is 15.5 Å². The Morgan fingerprint density at radius 3 is 2.86 bits per heavy atom. The van der Waals surface area contributed by atoms with E-state index in [1.165, 1.54) is 25.7 Å². The average Bonchev–Trinajstić information content (AvgIpc) is 3.17. The highest BCUT2D eigenvalue weighted by Crippen LogP contribution is 2.47. The number of carbonyl (C=O) groups excluding carboxylic acids is 1. The number of nitrogens with zero attached hydrogens (tertiary/aromatic N) is 1. The Morgan fingerprint density at radius 1 is 1.32 bits per heavy atom. The van der Waals surface area contributed by atoms with E-state index in [-0.39, 0.29) is 0 Å². The summed E-state index contributed by atoms with van der Waals surface area (Å²) in [7, 11) is 3.83. The first-order valence-corrected chi connectivity index (χ1v) is 8.45. The Labute approximate surface area is 131 Å². The number of likely N-dealkylation sites (tertiary alicyclic amines) is 1. The van der Waals surface area contributed by atoms with E-state index >= 15 is 0 Å². The fourth-order valence-electron chi connectivity index (χ4n) is 4.63. The van der Waals surface area contributed by atoms with Crippen LogP contribution in [0, 0.1) is 11.8 Å². The van der Waals surface area contributed by atoms with E-state index in [1.807, 2.05) is 6.08 Å². The standard InChI is InChI=1S/C17H25N3O2/c1-18-17(21)22-11-5-8-15-13(9-11)12-6-7-14(16(12)20(15)2)19-10-3-4-10/h5,8-10,12-16,19H,3-4,6-7H2,1-2H3,(H,18,21). The number of rotatable bonds is 3. The zero-order chi connectivity index (χ0) is 15.3. The van der Waals surface area contributed by atoms with Crippen molar-refractivity contribution in [1.29, 1.82) is 0 Å². The van der Waals surface area contributed by atoms with Gasteiger partial charge < -0.3 is 15.4 Å². The zero-order valence-electron chi connectivity index (χ0n) is 13.3. The quantitative estimate of drug-likeness (QED) is 0.832. The lowest BCUT2D eigenvalue weighted by atomic mass is 9.85. The number of ether oxygens (including phenoxy) is 1. The summed E-state index contributed by atoms with van der Waals surface area (Å²) in [4.78, 5) is 13.9. The lowest BCUT2D eigenvalue weighted by Gasteiger charge is -2.30. The van der Waals surface area contributed by atoms with E-state index in [4.69, 9.17) is 4.74 Å². The summed E-state index contributed by atoms with van der Waals surface area (Å²) in [6.45, 7) is 0. The van der Waals surface area contributed by atoms with Gasteiger partial charge in [0.2, 0.25) is 0 Å². The van der Waals surface area contributed by atoms with Crippen molar-refractivity contribution in [2.45, 2.75) is 49.9 Å². The van der Waals surface area contributed by atoms with Crippen LogP contribution in [0.4, 0.5) is 4.79 Å². The molecule has 5 nitrogen and oxygen atoms in total. The second-order valence-electron chi connectivity index (χ2n) is 7.08. The van der Waals surface area contributed by atoms with Crippen LogP contribution in [-0.4, -0.2) is 49.3 Å². The molecule has 2 N–H and O–H groups in total. The minimum absolute atomic E-state index is 0.392. The zero-order valence-corrected chi connectivity index (χ0v) is 13.3. The van der Waals surface area contributed by atoms with Gasteiger partial charge in [0.25, 0.3) is 0 Å². The van der Waals surface area contributed by atoms with Gasteiger partial charge in [-0.15, -0.1) is 0 Å². The minimum atomic E-state index is -0.392. The molecule has 3 aliphatic carbocycles. The van der Waals surface area contributed by atoms with E-state index < -0.39 is 6.09 Å². The van der Waals surface area contributed by atoms with Crippen LogP contribution in [0.15, 0.2) is 24.0 Å². The first-order chi connectivity index (χ1) is 10.7. The Kier molecular flexibility index (Phi) is 3.50. The number of alkyl carbamates (subject to hydrolysis) is 1. The first kappa shape index (κ1) is 14.3. The Morgan fingerprint density at radius 2 is 2.14 bits per heavy atom. The highest BCUT2D eigenvalue weighted by Gasteiger charge is 2.52. The topological polar surface area (TPSA) is 53.6 Å². The minimum Gasteiger partial charge on any atom is -0.411 e. The second-order valence-corrected chi connectivity index (χ2v) is 7.08. The van der Waals surface area contributed by atoms with Crippen molar-refractivity contribution in [3.63, 3.8) is 0 Å². The van der Waals surface area contributed by atoms with Crippen molar-refractivity contribution in [3.8, 4) is 0 Å². The Balaban J connectivity index is 1.51. The highest BCUT2D eigenvalue weighted by molar-refractivity contribution is 5.68. The van der Waals surface area contributed by atoms with Gasteiger partial charge in [-0.25, -0.2) is 4.79 Å². The number of likely N-dealkylation sites (N-methyl/N-ethyl adjacent to an activating group) is 1. The van der Waals surface area contributed by atoms with Gasteiger partial charge in [0, 0.05) is 37.1 Å². The lowest BCUT2D eigenvalue weighted by molar-refractivity contribution is 0.179. The van der Waals surface area contributed by atoms with Crippen molar-refractivity contribution in [3.05, 3.63) is 24.0 Å². The van der Waals surface area contributed by atoms with Crippen LogP contribution in [0.1, 0.15) is 25.7 Å². The summed E-state index contributed by atoms with van der Waals surface area (Å²) >= 11 is 0. The molecule has 5 atom stereocenters. The average molecular weight is 303 g/mol. The van der Waals surface area contributed by atoms with Crippen LogP contribution in [0.3, 0.4) is 0 Å². The molecule has 0 spiro atoms. The summed E-state index contributed by atoms with van der Waals surface area (Å²) < 4.78 is 5.32. The molecule has 1 saturated heterocycles. The number of fused-ring (bicyclic) bond motifs is 3. The van der Waals surface area contributed by atoms with E-state index in [0.29, 0.717) is 35.7 Å². The third-order valence-corrected chi connectivity index (χ3v) is 5.75. The molecule has 5 heteroatoms. The second kappa shape index (κ2) is 5.39. The number of allylic oxidation sites excluding steroid dienone is 1. The predicted molar refractivity (Wildman–Crippen MR) is 84.3 cm³/mol. The lowest BCUT2D eigenvalue weighted by Crippen LogP contribution is -2.46. The number of amides is 1. The maximum absolute atomic E-state index is 11.4. The SMILES string of the molecule is CNC(=O)OC1=CC2C3CCC(NC4CC4)C3N(C)C2C=C1. The molecule has 1 amide bonds. The molecule has 1 aliphatic heterocycles. The van der Waals surface area contributed by atoms with Crippen molar-refractivity contribution < 1.29 is 9.53 Å². The van der Waals surface area contributed by atoms with E-state index in [0.717, 1.165) is 6.04 Å². The number of nitrogens with one attached hydrogen (secondary N) is 2. The molecule has 2 saturated carbocycles. The molecule has 1 heterocycles. The highest BCUT2D eigenvalue weighted by atomic mass is 16.6. The maximum Gasteiger partial charge on any atom is 0.412 e. The third-order valence-electron chi connectivity index (χ3n) is 5.75. The summed E-state index contributed by atoms with van der Waals surface area (Å²) in [5.41, 5.74) is 0. The molecule has 120 valence electrons. The molecule has 4 aliphatic rings. The third kappa shape index (κ3) is 2.36. The van der Waals surface area contributed by atoms with Gasteiger partial charge >= 0.3 is 6.09 Å². The normalized spacial score (nSPS) is 40.1.